The lowest BCUT2D eigenvalue weighted by atomic mass is 10.3. The van der Waals surface area contributed by atoms with Gasteiger partial charge in [0, 0.05) is 12.7 Å². The van der Waals surface area contributed by atoms with Crippen LogP contribution in [-0.4, -0.2) is 26.4 Å². The first-order valence-corrected chi connectivity index (χ1v) is 10.4. The van der Waals surface area contributed by atoms with Gasteiger partial charge in [-0.15, -0.1) is 10.2 Å². The second-order valence-electron chi connectivity index (χ2n) is 6.20. The third-order valence-corrected chi connectivity index (χ3v) is 5.57. The molecule has 6 nitrogen and oxygen atoms in total. The van der Waals surface area contributed by atoms with Crippen molar-refractivity contribution in [3.63, 3.8) is 0 Å². The number of carbonyl (C=O) groups excluding carboxylic acids is 1. The van der Waals surface area contributed by atoms with Crippen molar-refractivity contribution in [1.82, 2.24) is 14.8 Å². The van der Waals surface area contributed by atoms with E-state index in [1.54, 1.807) is 18.5 Å². The summed E-state index contributed by atoms with van der Waals surface area (Å²) >= 11 is 12.9. The maximum atomic E-state index is 13.2. The summed E-state index contributed by atoms with van der Waals surface area (Å²) in [6.45, 7) is 1.75. The zero-order valence-electron chi connectivity index (χ0n) is 15.8. The number of halogens is 4. The van der Waals surface area contributed by atoms with Crippen molar-refractivity contribution in [1.29, 1.82) is 0 Å². The van der Waals surface area contributed by atoms with E-state index in [1.165, 1.54) is 42.1 Å². The van der Waals surface area contributed by atoms with Gasteiger partial charge < -0.3 is 14.6 Å². The van der Waals surface area contributed by atoms with Crippen molar-refractivity contribution in [2.24, 2.45) is 7.05 Å². The van der Waals surface area contributed by atoms with Gasteiger partial charge in [0.25, 0.3) is 0 Å². The maximum absolute atomic E-state index is 13.2. The highest BCUT2D eigenvalue weighted by Gasteiger charge is 2.19. The van der Waals surface area contributed by atoms with E-state index in [0.29, 0.717) is 22.4 Å². The molecule has 0 aliphatic heterocycles. The smallest absolute Gasteiger partial charge is 0.234 e. The van der Waals surface area contributed by atoms with Gasteiger partial charge in [-0.05, 0) is 43.3 Å². The molecule has 1 N–H and O–H groups in total. The van der Waals surface area contributed by atoms with Gasteiger partial charge in [-0.25, -0.2) is 8.78 Å². The number of thioether (sulfide) groups is 1. The molecule has 0 spiro atoms. The van der Waals surface area contributed by atoms with Crippen LogP contribution < -0.4 is 10.1 Å². The average Bonchev–Trinajstić information content (AvgIpc) is 3.06. The van der Waals surface area contributed by atoms with E-state index in [2.05, 4.69) is 15.5 Å². The topological polar surface area (TPSA) is 69.0 Å². The molecule has 158 valence electrons. The zero-order valence-corrected chi connectivity index (χ0v) is 18.2. The third kappa shape index (κ3) is 5.41. The third-order valence-electron chi connectivity index (χ3n) is 3.97. The van der Waals surface area contributed by atoms with E-state index in [9.17, 15) is 13.6 Å². The van der Waals surface area contributed by atoms with Gasteiger partial charge in [0.15, 0.2) is 17.1 Å². The molecule has 3 aromatic rings. The molecule has 0 aliphatic rings. The van der Waals surface area contributed by atoms with E-state index in [1.807, 2.05) is 0 Å². The van der Waals surface area contributed by atoms with Gasteiger partial charge >= 0.3 is 0 Å². The van der Waals surface area contributed by atoms with Crippen LogP contribution in [0.2, 0.25) is 10.0 Å². The lowest BCUT2D eigenvalue weighted by Crippen LogP contribution is -2.15. The summed E-state index contributed by atoms with van der Waals surface area (Å²) in [4.78, 5) is 12.1. The van der Waals surface area contributed by atoms with Gasteiger partial charge in [0.05, 0.1) is 15.8 Å². The fourth-order valence-electron chi connectivity index (χ4n) is 2.52. The second kappa shape index (κ2) is 9.63. The van der Waals surface area contributed by atoms with Crippen LogP contribution in [0.15, 0.2) is 41.6 Å². The molecule has 30 heavy (non-hydrogen) atoms. The van der Waals surface area contributed by atoms with Gasteiger partial charge in [-0.3, -0.25) is 4.79 Å². The van der Waals surface area contributed by atoms with Gasteiger partial charge in [-0.1, -0.05) is 35.0 Å². The predicted octanol–water partition coefficient (Wildman–Crippen LogP) is 5.27. The van der Waals surface area contributed by atoms with Crippen LogP contribution in [0.5, 0.6) is 5.75 Å². The number of anilines is 1. The lowest BCUT2D eigenvalue weighted by molar-refractivity contribution is -0.113. The van der Waals surface area contributed by atoms with E-state index in [0.717, 1.165) is 6.07 Å². The van der Waals surface area contributed by atoms with Gasteiger partial charge in [0.1, 0.15) is 17.4 Å². The lowest BCUT2D eigenvalue weighted by Gasteiger charge is -2.15. The number of hydrogen-bond acceptors (Lipinski definition) is 5. The molecule has 0 saturated carbocycles. The molecular formula is C19H16Cl2F2N4O2S. The molecule has 3 rings (SSSR count). The Hall–Kier alpha value is -2.36. The summed E-state index contributed by atoms with van der Waals surface area (Å²) in [5.74, 6) is -0.453. The minimum absolute atomic E-state index is 0.0556. The number of rotatable bonds is 7. The van der Waals surface area contributed by atoms with Crippen LogP contribution >= 0.6 is 35.0 Å². The van der Waals surface area contributed by atoms with Crippen molar-refractivity contribution in [2.75, 3.05) is 11.1 Å². The highest BCUT2D eigenvalue weighted by atomic mass is 35.5. The van der Waals surface area contributed by atoms with Crippen LogP contribution in [0.1, 0.15) is 18.9 Å². The Morgan fingerprint density at radius 2 is 1.97 bits per heavy atom. The molecule has 0 bridgehead atoms. The molecule has 0 saturated heterocycles. The summed E-state index contributed by atoms with van der Waals surface area (Å²) in [5.41, 5.74) is 0.392. The Morgan fingerprint density at radius 3 is 2.67 bits per heavy atom. The quantitative estimate of drug-likeness (QED) is 0.474. The molecule has 1 atom stereocenters. The Kier molecular flexibility index (Phi) is 7.17. The fraction of sp³-hybridized carbons (Fsp3) is 0.211. The van der Waals surface area contributed by atoms with Crippen molar-refractivity contribution in [3.8, 4) is 5.75 Å². The molecule has 2 aromatic carbocycles. The van der Waals surface area contributed by atoms with Crippen LogP contribution in [0.3, 0.4) is 0 Å². The SMILES string of the molecule is CC(Oc1ccc(F)cc1Cl)c1nnc(SCC(=O)Nc2ccc(F)c(Cl)c2)n1C. The Morgan fingerprint density at radius 1 is 1.20 bits per heavy atom. The molecule has 1 heterocycles. The van der Waals surface area contributed by atoms with E-state index in [4.69, 9.17) is 27.9 Å². The number of nitrogens with one attached hydrogen (secondary N) is 1. The standard InChI is InChI=1S/C19H16Cl2F2N4O2S/c1-10(29-16-6-3-11(22)7-14(16)21)18-25-26-19(27(18)2)30-9-17(28)24-12-4-5-15(23)13(20)8-12/h3-8,10H,9H2,1-2H3,(H,24,28). The number of ether oxygens (including phenoxy) is 1. The van der Waals surface area contributed by atoms with E-state index < -0.39 is 17.7 Å². The summed E-state index contributed by atoms with van der Waals surface area (Å²) in [7, 11) is 1.74. The minimum Gasteiger partial charge on any atom is -0.481 e. The highest BCUT2D eigenvalue weighted by molar-refractivity contribution is 7.99. The highest BCUT2D eigenvalue weighted by Crippen LogP contribution is 2.30. The summed E-state index contributed by atoms with van der Waals surface area (Å²) in [6, 6.07) is 7.78. The van der Waals surface area contributed by atoms with Crippen molar-refractivity contribution < 1.29 is 18.3 Å². The van der Waals surface area contributed by atoms with Crippen LogP contribution in [-0.2, 0) is 11.8 Å². The number of benzene rings is 2. The Labute approximate surface area is 185 Å². The summed E-state index contributed by atoms with van der Waals surface area (Å²) < 4.78 is 33.8. The molecule has 1 amide bonds. The molecule has 1 aromatic heterocycles. The largest absolute Gasteiger partial charge is 0.481 e. The van der Waals surface area contributed by atoms with Crippen LogP contribution in [0.4, 0.5) is 14.5 Å². The zero-order chi connectivity index (χ0) is 21.8. The molecule has 1 unspecified atom stereocenters. The molecule has 0 radical (unpaired) electrons. The summed E-state index contributed by atoms with van der Waals surface area (Å²) in [6.07, 6.45) is -0.519. The number of hydrogen-bond donors (Lipinski definition) is 1. The second-order valence-corrected chi connectivity index (χ2v) is 7.96. The first-order valence-electron chi connectivity index (χ1n) is 8.63. The average molecular weight is 473 g/mol. The Bertz CT molecular complexity index is 1080. The number of amides is 1. The monoisotopic (exact) mass is 472 g/mol. The normalized spacial score (nSPS) is 11.9. The van der Waals surface area contributed by atoms with Crippen molar-refractivity contribution in [2.45, 2.75) is 18.2 Å². The van der Waals surface area contributed by atoms with Crippen molar-refractivity contribution >= 4 is 46.6 Å². The minimum atomic E-state index is -0.561. The Balaban J connectivity index is 1.60. The van der Waals surface area contributed by atoms with Gasteiger partial charge in [-0.2, -0.15) is 0 Å². The number of aromatic nitrogens is 3. The first-order chi connectivity index (χ1) is 14.2. The number of carbonyl (C=O) groups is 1. The molecule has 0 fully saturated rings. The van der Waals surface area contributed by atoms with E-state index >= 15 is 0 Å². The summed E-state index contributed by atoms with van der Waals surface area (Å²) in [5, 5.41) is 11.4. The van der Waals surface area contributed by atoms with Crippen LogP contribution in [0, 0.1) is 11.6 Å². The fourth-order valence-corrected chi connectivity index (χ4v) is 3.63. The molecule has 0 aliphatic carbocycles. The maximum Gasteiger partial charge on any atom is 0.234 e. The molecule has 11 heteroatoms. The number of nitrogens with zero attached hydrogens (tertiary/aromatic N) is 3. The predicted molar refractivity (Wildman–Crippen MR) is 112 cm³/mol. The van der Waals surface area contributed by atoms with Gasteiger partial charge in [0.2, 0.25) is 5.91 Å². The van der Waals surface area contributed by atoms with Crippen LogP contribution in [0.25, 0.3) is 0 Å². The van der Waals surface area contributed by atoms with Crippen molar-refractivity contribution in [3.05, 3.63) is 63.9 Å². The molecular weight excluding hydrogens is 457 g/mol. The van der Waals surface area contributed by atoms with E-state index in [-0.39, 0.29) is 21.7 Å². The first kappa shape index (κ1) is 22.3.